The SMILES string of the molecule is Cc1ccc(CO[Si](C)C)cc1. The van der Waals surface area contributed by atoms with E-state index in [1.54, 1.807) is 0 Å². The first-order chi connectivity index (χ1) is 5.68. The Hall–Kier alpha value is -0.603. The molecule has 0 aromatic heterocycles. The monoisotopic (exact) mass is 179 g/mol. The maximum absolute atomic E-state index is 5.57. The van der Waals surface area contributed by atoms with Gasteiger partial charge in [0.1, 0.15) is 0 Å². The molecule has 0 saturated heterocycles. The first-order valence-electron chi connectivity index (χ1n) is 4.17. The second-order valence-electron chi connectivity index (χ2n) is 3.18. The molecule has 0 fully saturated rings. The summed E-state index contributed by atoms with van der Waals surface area (Å²) in [6.45, 7) is 7.17. The van der Waals surface area contributed by atoms with E-state index in [1.165, 1.54) is 11.1 Å². The summed E-state index contributed by atoms with van der Waals surface area (Å²) >= 11 is 0. The van der Waals surface area contributed by atoms with Gasteiger partial charge in [0.2, 0.25) is 9.04 Å². The van der Waals surface area contributed by atoms with Crippen LogP contribution in [0.2, 0.25) is 13.1 Å². The normalized spacial score (nSPS) is 10.7. The van der Waals surface area contributed by atoms with Gasteiger partial charge in [-0.25, -0.2) is 0 Å². The molecule has 0 N–H and O–H groups in total. The maximum Gasteiger partial charge on any atom is 0.205 e. The van der Waals surface area contributed by atoms with E-state index in [2.05, 4.69) is 44.3 Å². The standard InChI is InChI=1S/C10H15OSi/c1-9-4-6-10(7-5-9)8-11-12(2)3/h4-7H,8H2,1-3H3. The zero-order chi connectivity index (χ0) is 8.97. The molecule has 0 spiro atoms. The van der Waals surface area contributed by atoms with Crippen LogP contribution in [0.5, 0.6) is 0 Å². The number of benzene rings is 1. The molecular formula is C10H15OSi. The molecule has 0 aliphatic rings. The van der Waals surface area contributed by atoms with Crippen molar-refractivity contribution >= 4 is 9.04 Å². The van der Waals surface area contributed by atoms with Crippen molar-refractivity contribution in [1.82, 2.24) is 0 Å². The van der Waals surface area contributed by atoms with Gasteiger partial charge in [0.15, 0.2) is 0 Å². The number of aryl methyl sites for hydroxylation is 1. The van der Waals surface area contributed by atoms with E-state index in [1.807, 2.05) is 0 Å². The van der Waals surface area contributed by atoms with Crippen LogP contribution in [-0.4, -0.2) is 9.04 Å². The van der Waals surface area contributed by atoms with Crippen molar-refractivity contribution in [3.8, 4) is 0 Å². The van der Waals surface area contributed by atoms with E-state index in [0.717, 1.165) is 6.61 Å². The third kappa shape index (κ3) is 3.20. The minimum Gasteiger partial charge on any atom is -0.413 e. The van der Waals surface area contributed by atoms with Crippen LogP contribution in [0.15, 0.2) is 24.3 Å². The molecular weight excluding hydrogens is 164 g/mol. The molecule has 65 valence electrons. The summed E-state index contributed by atoms with van der Waals surface area (Å²) in [5.41, 5.74) is 2.57. The molecule has 0 heterocycles. The predicted octanol–water partition coefficient (Wildman–Crippen LogP) is 2.76. The average molecular weight is 179 g/mol. The fourth-order valence-corrected chi connectivity index (χ4v) is 1.37. The molecule has 1 aromatic rings. The van der Waals surface area contributed by atoms with Crippen LogP contribution in [0.4, 0.5) is 0 Å². The molecule has 1 nitrogen and oxygen atoms in total. The minimum atomic E-state index is -0.542. The summed E-state index contributed by atoms with van der Waals surface area (Å²) in [5.74, 6) is 0. The number of rotatable bonds is 3. The van der Waals surface area contributed by atoms with Crippen molar-refractivity contribution in [2.75, 3.05) is 0 Å². The quantitative estimate of drug-likeness (QED) is 0.648. The third-order valence-corrected chi connectivity index (χ3v) is 2.37. The topological polar surface area (TPSA) is 9.23 Å². The molecule has 0 aliphatic heterocycles. The highest BCUT2D eigenvalue weighted by Crippen LogP contribution is 2.04. The van der Waals surface area contributed by atoms with Crippen LogP contribution in [0, 0.1) is 6.92 Å². The maximum atomic E-state index is 5.57. The molecule has 2 heteroatoms. The Labute approximate surface area is 76.1 Å². The summed E-state index contributed by atoms with van der Waals surface area (Å²) in [7, 11) is -0.542. The zero-order valence-electron chi connectivity index (χ0n) is 7.92. The van der Waals surface area contributed by atoms with Crippen LogP contribution in [-0.2, 0) is 11.0 Å². The summed E-state index contributed by atoms with van der Waals surface area (Å²) in [4.78, 5) is 0. The van der Waals surface area contributed by atoms with Gasteiger partial charge < -0.3 is 4.43 Å². The lowest BCUT2D eigenvalue weighted by Crippen LogP contribution is -2.06. The van der Waals surface area contributed by atoms with Crippen molar-refractivity contribution < 1.29 is 4.43 Å². The van der Waals surface area contributed by atoms with Crippen LogP contribution >= 0.6 is 0 Å². The third-order valence-electron chi connectivity index (χ3n) is 1.65. The largest absolute Gasteiger partial charge is 0.413 e. The van der Waals surface area contributed by atoms with Gasteiger partial charge in [-0.2, -0.15) is 0 Å². The lowest BCUT2D eigenvalue weighted by atomic mass is 10.2. The Morgan fingerprint density at radius 1 is 1.17 bits per heavy atom. The molecule has 12 heavy (non-hydrogen) atoms. The average Bonchev–Trinajstić information content (AvgIpc) is 2.03. The molecule has 0 atom stereocenters. The van der Waals surface area contributed by atoms with Crippen molar-refractivity contribution in [2.45, 2.75) is 26.6 Å². The van der Waals surface area contributed by atoms with Gasteiger partial charge in [-0.3, -0.25) is 0 Å². The smallest absolute Gasteiger partial charge is 0.205 e. The number of hydrogen-bond acceptors (Lipinski definition) is 1. The molecule has 0 unspecified atom stereocenters. The van der Waals surface area contributed by atoms with E-state index >= 15 is 0 Å². The van der Waals surface area contributed by atoms with E-state index in [0.29, 0.717) is 0 Å². The van der Waals surface area contributed by atoms with Crippen LogP contribution in [0.25, 0.3) is 0 Å². The highest BCUT2D eigenvalue weighted by atomic mass is 28.3. The Morgan fingerprint density at radius 3 is 2.25 bits per heavy atom. The Balaban J connectivity index is 2.48. The van der Waals surface area contributed by atoms with Crippen LogP contribution in [0.1, 0.15) is 11.1 Å². The summed E-state index contributed by atoms with van der Waals surface area (Å²) < 4.78 is 5.57. The van der Waals surface area contributed by atoms with Crippen molar-refractivity contribution in [3.63, 3.8) is 0 Å². The van der Waals surface area contributed by atoms with Crippen molar-refractivity contribution in [3.05, 3.63) is 35.4 Å². The van der Waals surface area contributed by atoms with Crippen LogP contribution in [0.3, 0.4) is 0 Å². The summed E-state index contributed by atoms with van der Waals surface area (Å²) in [5, 5.41) is 0. The molecule has 0 bridgehead atoms. The summed E-state index contributed by atoms with van der Waals surface area (Å²) in [6, 6.07) is 8.49. The van der Waals surface area contributed by atoms with Gasteiger partial charge in [0.05, 0.1) is 6.61 Å². The highest BCUT2D eigenvalue weighted by Gasteiger charge is 1.97. The Morgan fingerprint density at radius 2 is 1.75 bits per heavy atom. The van der Waals surface area contributed by atoms with Gasteiger partial charge in [-0.15, -0.1) is 0 Å². The minimum absolute atomic E-state index is 0.542. The highest BCUT2D eigenvalue weighted by molar-refractivity contribution is 6.48. The van der Waals surface area contributed by atoms with Crippen LogP contribution < -0.4 is 0 Å². The molecule has 0 amide bonds. The van der Waals surface area contributed by atoms with Gasteiger partial charge >= 0.3 is 0 Å². The number of hydrogen-bond donors (Lipinski definition) is 0. The van der Waals surface area contributed by atoms with Gasteiger partial charge in [0, 0.05) is 0 Å². The molecule has 0 saturated carbocycles. The zero-order valence-corrected chi connectivity index (χ0v) is 8.92. The first-order valence-corrected chi connectivity index (χ1v) is 6.58. The van der Waals surface area contributed by atoms with Crippen molar-refractivity contribution in [2.24, 2.45) is 0 Å². The van der Waals surface area contributed by atoms with Gasteiger partial charge in [0.25, 0.3) is 0 Å². The van der Waals surface area contributed by atoms with E-state index in [9.17, 15) is 0 Å². The first kappa shape index (κ1) is 9.48. The Bertz CT molecular complexity index is 228. The fraction of sp³-hybridized carbons (Fsp3) is 0.400. The predicted molar refractivity (Wildman–Crippen MR) is 53.5 cm³/mol. The van der Waals surface area contributed by atoms with E-state index in [-0.39, 0.29) is 0 Å². The molecule has 1 radical (unpaired) electrons. The lowest BCUT2D eigenvalue weighted by molar-refractivity contribution is 0.314. The fourth-order valence-electron chi connectivity index (χ4n) is 0.912. The lowest BCUT2D eigenvalue weighted by Gasteiger charge is -2.05. The Kier molecular flexibility index (Phi) is 3.50. The molecule has 1 rings (SSSR count). The molecule has 1 aromatic carbocycles. The van der Waals surface area contributed by atoms with Gasteiger partial charge in [-0.05, 0) is 25.6 Å². The van der Waals surface area contributed by atoms with Gasteiger partial charge in [-0.1, -0.05) is 29.8 Å². The van der Waals surface area contributed by atoms with E-state index in [4.69, 9.17) is 4.43 Å². The second-order valence-corrected chi connectivity index (χ2v) is 5.29. The summed E-state index contributed by atoms with van der Waals surface area (Å²) in [6.07, 6.45) is 0. The molecule has 0 aliphatic carbocycles. The van der Waals surface area contributed by atoms with E-state index < -0.39 is 9.04 Å². The second kappa shape index (κ2) is 4.43. The van der Waals surface area contributed by atoms with Crippen molar-refractivity contribution in [1.29, 1.82) is 0 Å².